The molecule has 1 unspecified atom stereocenters. The monoisotopic (exact) mass is 336 g/mol. The van der Waals surface area contributed by atoms with Crippen LogP contribution in [-0.4, -0.2) is 83.6 Å². The van der Waals surface area contributed by atoms with Gasteiger partial charge in [-0.15, -0.1) is 24.2 Å². The third kappa shape index (κ3) is 4.40. The van der Waals surface area contributed by atoms with Gasteiger partial charge in [-0.25, -0.2) is 4.79 Å². The molecule has 2 rings (SSSR count). The van der Waals surface area contributed by atoms with Crippen molar-refractivity contribution in [3.8, 4) is 0 Å². The van der Waals surface area contributed by atoms with E-state index in [1.165, 1.54) is 0 Å². The molecule has 2 aliphatic heterocycles. The molecule has 0 saturated carbocycles. The first-order valence-electron chi connectivity index (χ1n) is 7.31. The van der Waals surface area contributed by atoms with Crippen LogP contribution in [0.1, 0.15) is 13.8 Å². The van der Waals surface area contributed by atoms with Crippen molar-refractivity contribution in [2.75, 3.05) is 50.9 Å². The molecule has 0 spiro atoms. The number of hydrogen-bond acceptors (Lipinski definition) is 4. The highest BCUT2D eigenvalue weighted by Gasteiger charge is 2.31. The Hall–Kier alpha value is -0.660. The molecule has 3 amide bonds. The van der Waals surface area contributed by atoms with E-state index in [0.717, 1.165) is 24.7 Å². The summed E-state index contributed by atoms with van der Waals surface area (Å²) >= 11 is 1.76. The van der Waals surface area contributed by atoms with Gasteiger partial charge in [0, 0.05) is 50.9 Å². The van der Waals surface area contributed by atoms with Crippen LogP contribution in [-0.2, 0) is 4.79 Å². The first-order chi connectivity index (χ1) is 9.67. The van der Waals surface area contributed by atoms with E-state index in [1.54, 1.807) is 11.8 Å². The summed E-state index contributed by atoms with van der Waals surface area (Å²) in [6.07, 6.45) is 0. The first-order valence-corrected chi connectivity index (χ1v) is 8.46. The van der Waals surface area contributed by atoms with Gasteiger partial charge in [0.1, 0.15) is 0 Å². The number of carbonyl (C=O) groups excluding carboxylic acids is 2. The molecule has 0 aromatic carbocycles. The van der Waals surface area contributed by atoms with Crippen molar-refractivity contribution in [3.63, 3.8) is 0 Å². The Kier molecular flexibility index (Phi) is 7.62. The van der Waals surface area contributed by atoms with Gasteiger partial charge < -0.3 is 14.7 Å². The van der Waals surface area contributed by atoms with Crippen molar-refractivity contribution >= 4 is 36.1 Å². The topological polar surface area (TPSA) is 55.9 Å². The van der Waals surface area contributed by atoms with Crippen LogP contribution in [0.2, 0.25) is 0 Å². The molecule has 0 aromatic rings. The normalized spacial score (nSPS) is 21.9. The van der Waals surface area contributed by atoms with Crippen molar-refractivity contribution < 1.29 is 9.59 Å². The molecular weight excluding hydrogens is 312 g/mol. The minimum atomic E-state index is -0.0370. The van der Waals surface area contributed by atoms with Crippen LogP contribution in [0.5, 0.6) is 0 Å². The van der Waals surface area contributed by atoms with Gasteiger partial charge in [-0.3, -0.25) is 10.1 Å². The highest BCUT2D eigenvalue weighted by atomic mass is 35.5. The summed E-state index contributed by atoms with van der Waals surface area (Å²) in [5.41, 5.74) is 0. The van der Waals surface area contributed by atoms with E-state index in [9.17, 15) is 9.59 Å². The zero-order valence-electron chi connectivity index (χ0n) is 12.7. The number of rotatable bonds is 3. The third-order valence-electron chi connectivity index (χ3n) is 3.91. The van der Waals surface area contributed by atoms with Gasteiger partial charge in [0.05, 0.1) is 6.04 Å². The molecule has 0 aromatic heterocycles. The minimum absolute atomic E-state index is 0. The van der Waals surface area contributed by atoms with E-state index in [0.29, 0.717) is 26.2 Å². The summed E-state index contributed by atoms with van der Waals surface area (Å²) in [6, 6.07) is 0.0571. The number of piperazine rings is 1. The highest BCUT2D eigenvalue weighted by molar-refractivity contribution is 7.99. The summed E-state index contributed by atoms with van der Waals surface area (Å²) in [5, 5.41) is 3.21. The van der Waals surface area contributed by atoms with E-state index >= 15 is 0 Å². The number of carbonyl (C=O) groups is 2. The van der Waals surface area contributed by atoms with Gasteiger partial charge in [-0.1, -0.05) is 0 Å². The SMILES string of the molecule is CCN(CC)C(=O)N1CCN(C(=O)C2CSCN2)CC1.Cl. The summed E-state index contributed by atoms with van der Waals surface area (Å²) in [5.74, 6) is 1.90. The quantitative estimate of drug-likeness (QED) is 0.823. The second-order valence-corrected chi connectivity index (χ2v) is 6.07. The van der Waals surface area contributed by atoms with Gasteiger partial charge in [-0.05, 0) is 13.8 Å². The Morgan fingerprint density at radius 1 is 1.14 bits per heavy atom. The molecule has 0 radical (unpaired) electrons. The molecule has 2 fully saturated rings. The smallest absolute Gasteiger partial charge is 0.320 e. The lowest BCUT2D eigenvalue weighted by atomic mass is 10.2. The van der Waals surface area contributed by atoms with Crippen LogP contribution in [0.25, 0.3) is 0 Å². The standard InChI is InChI=1S/C13H24N4O2S.ClH/c1-3-15(4-2)13(19)17-7-5-16(6-8-17)12(18)11-9-20-10-14-11;/h11,14H,3-10H2,1-2H3;1H. The van der Waals surface area contributed by atoms with Crippen LogP contribution in [0.4, 0.5) is 4.79 Å². The van der Waals surface area contributed by atoms with E-state index in [4.69, 9.17) is 0 Å². The predicted octanol–water partition coefficient (Wildman–Crippen LogP) is 0.677. The summed E-state index contributed by atoms with van der Waals surface area (Å²) in [4.78, 5) is 30.1. The van der Waals surface area contributed by atoms with Crippen molar-refractivity contribution in [1.29, 1.82) is 0 Å². The van der Waals surface area contributed by atoms with Gasteiger partial charge in [0.2, 0.25) is 5.91 Å². The van der Waals surface area contributed by atoms with Gasteiger partial charge >= 0.3 is 6.03 Å². The lowest BCUT2D eigenvalue weighted by Gasteiger charge is -2.37. The number of urea groups is 1. The summed E-state index contributed by atoms with van der Waals surface area (Å²) in [6.45, 7) is 8.02. The van der Waals surface area contributed by atoms with Crippen LogP contribution in [0.15, 0.2) is 0 Å². The van der Waals surface area contributed by atoms with E-state index in [-0.39, 0.29) is 30.4 Å². The third-order valence-corrected chi connectivity index (χ3v) is 4.85. The Bertz CT molecular complexity index is 332. The highest BCUT2D eigenvalue weighted by Crippen LogP contribution is 2.14. The van der Waals surface area contributed by atoms with Crippen molar-refractivity contribution in [2.24, 2.45) is 0 Å². The average Bonchev–Trinajstić information content (AvgIpc) is 3.02. The van der Waals surface area contributed by atoms with Crippen molar-refractivity contribution in [1.82, 2.24) is 20.0 Å². The number of thioether (sulfide) groups is 1. The number of amides is 3. The van der Waals surface area contributed by atoms with Crippen LogP contribution in [0, 0.1) is 0 Å². The fourth-order valence-corrected chi connectivity index (χ4v) is 3.52. The van der Waals surface area contributed by atoms with Crippen molar-refractivity contribution in [3.05, 3.63) is 0 Å². The molecular formula is C13H25ClN4O2S. The lowest BCUT2D eigenvalue weighted by Crippen LogP contribution is -2.56. The fraction of sp³-hybridized carbons (Fsp3) is 0.846. The Labute approximate surface area is 137 Å². The zero-order chi connectivity index (χ0) is 14.5. The predicted molar refractivity (Wildman–Crippen MR) is 88.0 cm³/mol. The molecule has 2 aliphatic rings. The number of hydrogen-bond donors (Lipinski definition) is 1. The Balaban J connectivity index is 0.00000220. The van der Waals surface area contributed by atoms with Crippen molar-refractivity contribution in [2.45, 2.75) is 19.9 Å². The zero-order valence-corrected chi connectivity index (χ0v) is 14.3. The number of halogens is 1. The van der Waals surface area contributed by atoms with E-state index in [1.807, 2.05) is 28.5 Å². The van der Waals surface area contributed by atoms with Gasteiger partial charge in [-0.2, -0.15) is 0 Å². The summed E-state index contributed by atoms with van der Waals surface area (Å²) < 4.78 is 0. The molecule has 1 atom stereocenters. The average molecular weight is 337 g/mol. The van der Waals surface area contributed by atoms with Crippen LogP contribution < -0.4 is 5.32 Å². The number of nitrogens with zero attached hydrogens (tertiary/aromatic N) is 3. The molecule has 21 heavy (non-hydrogen) atoms. The van der Waals surface area contributed by atoms with Crippen LogP contribution >= 0.6 is 24.2 Å². The molecule has 6 nitrogen and oxygen atoms in total. The first kappa shape index (κ1) is 18.4. The molecule has 8 heteroatoms. The maximum Gasteiger partial charge on any atom is 0.320 e. The van der Waals surface area contributed by atoms with Gasteiger partial charge in [0.15, 0.2) is 0 Å². The second-order valence-electron chi connectivity index (χ2n) is 5.04. The molecule has 1 N–H and O–H groups in total. The van der Waals surface area contributed by atoms with Gasteiger partial charge in [0.25, 0.3) is 0 Å². The minimum Gasteiger partial charge on any atom is -0.338 e. The number of nitrogens with one attached hydrogen (secondary N) is 1. The van der Waals surface area contributed by atoms with Crippen LogP contribution in [0.3, 0.4) is 0 Å². The molecule has 0 aliphatic carbocycles. The molecule has 0 bridgehead atoms. The molecule has 2 heterocycles. The fourth-order valence-electron chi connectivity index (χ4n) is 2.59. The second kappa shape index (κ2) is 8.70. The Morgan fingerprint density at radius 2 is 1.71 bits per heavy atom. The summed E-state index contributed by atoms with van der Waals surface area (Å²) in [7, 11) is 0. The largest absolute Gasteiger partial charge is 0.338 e. The lowest BCUT2D eigenvalue weighted by molar-refractivity contribution is -0.134. The molecule has 2 saturated heterocycles. The Morgan fingerprint density at radius 3 is 2.19 bits per heavy atom. The maximum atomic E-state index is 12.3. The van der Waals surface area contributed by atoms with E-state index < -0.39 is 0 Å². The maximum absolute atomic E-state index is 12.3. The van der Waals surface area contributed by atoms with E-state index in [2.05, 4.69) is 5.32 Å². The molecule has 122 valence electrons.